The summed E-state index contributed by atoms with van der Waals surface area (Å²) in [5.41, 5.74) is 2.24. The molecular formula is C16H23ClN2. The van der Waals surface area contributed by atoms with Gasteiger partial charge in [0.25, 0.3) is 0 Å². The van der Waals surface area contributed by atoms with Crippen LogP contribution in [0.1, 0.15) is 57.8 Å². The number of hydrogen-bond acceptors (Lipinski definition) is 1. The van der Waals surface area contributed by atoms with Crippen LogP contribution in [0.5, 0.6) is 0 Å². The quantitative estimate of drug-likeness (QED) is 0.676. The van der Waals surface area contributed by atoms with Crippen molar-refractivity contribution >= 4 is 22.6 Å². The summed E-state index contributed by atoms with van der Waals surface area (Å²) < 4.78 is 2.31. The number of para-hydroxylation sites is 2. The number of imidazole rings is 1. The molecule has 0 N–H and O–H groups in total. The Hall–Kier alpha value is -1.02. The van der Waals surface area contributed by atoms with Crippen molar-refractivity contribution in [2.24, 2.45) is 5.92 Å². The largest absolute Gasteiger partial charge is 0.324 e. The Kier molecular flexibility index (Phi) is 4.51. The van der Waals surface area contributed by atoms with E-state index in [1.807, 2.05) is 13.0 Å². The minimum absolute atomic E-state index is 0.0612. The van der Waals surface area contributed by atoms with Crippen LogP contribution in [0.15, 0.2) is 24.3 Å². The van der Waals surface area contributed by atoms with E-state index >= 15 is 0 Å². The van der Waals surface area contributed by atoms with Crippen molar-refractivity contribution < 1.29 is 0 Å². The fourth-order valence-electron chi connectivity index (χ4n) is 2.51. The van der Waals surface area contributed by atoms with Gasteiger partial charge in [0, 0.05) is 6.04 Å². The van der Waals surface area contributed by atoms with Gasteiger partial charge < -0.3 is 4.57 Å². The predicted molar refractivity (Wildman–Crippen MR) is 82.8 cm³/mol. The van der Waals surface area contributed by atoms with Crippen molar-refractivity contribution in [3.63, 3.8) is 0 Å². The van der Waals surface area contributed by atoms with Crippen LogP contribution in [0.3, 0.4) is 0 Å². The Morgan fingerprint density at radius 1 is 1.11 bits per heavy atom. The van der Waals surface area contributed by atoms with Gasteiger partial charge >= 0.3 is 0 Å². The molecule has 0 saturated heterocycles. The summed E-state index contributed by atoms with van der Waals surface area (Å²) in [7, 11) is 0. The van der Waals surface area contributed by atoms with Gasteiger partial charge in [-0.1, -0.05) is 26.0 Å². The number of rotatable bonds is 5. The van der Waals surface area contributed by atoms with Crippen LogP contribution < -0.4 is 0 Å². The second-order valence-corrected chi connectivity index (χ2v) is 6.42. The first-order valence-electron chi connectivity index (χ1n) is 7.11. The Balaban J connectivity index is 2.41. The third-order valence-electron chi connectivity index (χ3n) is 3.58. The van der Waals surface area contributed by atoms with Gasteiger partial charge in [-0.05, 0) is 44.7 Å². The van der Waals surface area contributed by atoms with Crippen LogP contribution in [-0.4, -0.2) is 9.55 Å². The summed E-state index contributed by atoms with van der Waals surface area (Å²) in [6.45, 7) is 8.79. The minimum atomic E-state index is -0.0612. The van der Waals surface area contributed by atoms with E-state index in [1.165, 1.54) is 11.9 Å². The van der Waals surface area contributed by atoms with Crippen molar-refractivity contribution in [3.8, 4) is 0 Å². The highest BCUT2D eigenvalue weighted by Crippen LogP contribution is 2.30. The molecule has 2 nitrogen and oxygen atoms in total. The van der Waals surface area contributed by atoms with Gasteiger partial charge in [-0.15, -0.1) is 11.6 Å². The van der Waals surface area contributed by atoms with Crippen molar-refractivity contribution in [2.45, 2.75) is 52.0 Å². The number of fused-ring (bicyclic) bond motifs is 1. The number of aromatic nitrogens is 2. The number of nitrogens with zero attached hydrogens (tertiary/aromatic N) is 2. The Labute approximate surface area is 120 Å². The zero-order valence-corrected chi connectivity index (χ0v) is 13.0. The van der Waals surface area contributed by atoms with Crippen LogP contribution in [0.4, 0.5) is 0 Å². The zero-order valence-electron chi connectivity index (χ0n) is 12.2. The molecule has 2 rings (SSSR count). The maximum atomic E-state index is 6.30. The van der Waals surface area contributed by atoms with Gasteiger partial charge in [0.2, 0.25) is 0 Å². The van der Waals surface area contributed by atoms with Crippen molar-refractivity contribution in [3.05, 3.63) is 30.1 Å². The van der Waals surface area contributed by atoms with E-state index in [-0.39, 0.29) is 5.38 Å². The van der Waals surface area contributed by atoms with E-state index in [0.29, 0.717) is 6.04 Å². The van der Waals surface area contributed by atoms with E-state index in [4.69, 9.17) is 16.6 Å². The third kappa shape index (κ3) is 3.11. The maximum Gasteiger partial charge on any atom is 0.127 e. The number of alkyl halides is 1. The molecule has 0 bridgehead atoms. The monoisotopic (exact) mass is 278 g/mol. The molecule has 0 saturated carbocycles. The topological polar surface area (TPSA) is 17.8 Å². The molecule has 0 radical (unpaired) electrons. The molecule has 0 aliphatic heterocycles. The molecule has 19 heavy (non-hydrogen) atoms. The van der Waals surface area contributed by atoms with Crippen molar-refractivity contribution in [1.82, 2.24) is 9.55 Å². The third-order valence-corrected chi connectivity index (χ3v) is 3.78. The summed E-state index contributed by atoms with van der Waals surface area (Å²) in [4.78, 5) is 4.69. The summed E-state index contributed by atoms with van der Waals surface area (Å²) in [5, 5.41) is -0.0612. The van der Waals surface area contributed by atoms with Crippen LogP contribution in [0.2, 0.25) is 0 Å². The maximum absolute atomic E-state index is 6.30. The number of halogens is 1. The van der Waals surface area contributed by atoms with Crippen LogP contribution in [0.25, 0.3) is 11.0 Å². The lowest BCUT2D eigenvalue weighted by Crippen LogP contribution is -2.10. The fraction of sp³-hybridized carbons (Fsp3) is 0.562. The molecule has 0 aliphatic carbocycles. The van der Waals surface area contributed by atoms with E-state index < -0.39 is 0 Å². The summed E-state index contributed by atoms with van der Waals surface area (Å²) >= 11 is 6.30. The summed E-state index contributed by atoms with van der Waals surface area (Å²) in [6.07, 6.45) is 2.39. The van der Waals surface area contributed by atoms with Crippen molar-refractivity contribution in [2.75, 3.05) is 0 Å². The van der Waals surface area contributed by atoms with E-state index in [0.717, 1.165) is 23.7 Å². The van der Waals surface area contributed by atoms with E-state index in [9.17, 15) is 0 Å². The molecule has 3 heteroatoms. The molecule has 1 aromatic carbocycles. The molecule has 104 valence electrons. The van der Waals surface area contributed by atoms with Gasteiger partial charge in [-0.2, -0.15) is 0 Å². The standard InChI is InChI=1S/C16H23ClN2/c1-11(2)9-10-12(3)19-15-8-6-5-7-14(15)18-16(19)13(4)17/h5-8,11-13H,9-10H2,1-4H3. The lowest BCUT2D eigenvalue weighted by Gasteiger charge is -2.19. The van der Waals surface area contributed by atoms with Gasteiger partial charge in [-0.3, -0.25) is 0 Å². The molecule has 0 amide bonds. The average Bonchev–Trinajstić information content (AvgIpc) is 2.75. The van der Waals surface area contributed by atoms with Crippen LogP contribution in [-0.2, 0) is 0 Å². The average molecular weight is 279 g/mol. The molecule has 2 atom stereocenters. The van der Waals surface area contributed by atoms with Crippen LogP contribution in [0, 0.1) is 5.92 Å². The highest BCUT2D eigenvalue weighted by molar-refractivity contribution is 6.20. The Morgan fingerprint density at radius 2 is 1.79 bits per heavy atom. The van der Waals surface area contributed by atoms with Gasteiger partial charge in [0.15, 0.2) is 0 Å². The number of benzene rings is 1. The van der Waals surface area contributed by atoms with Gasteiger partial charge in [-0.25, -0.2) is 4.98 Å². The summed E-state index contributed by atoms with van der Waals surface area (Å²) in [6, 6.07) is 8.73. The SMILES string of the molecule is CC(C)CCC(C)n1c(C(C)Cl)nc2ccccc21. The smallest absolute Gasteiger partial charge is 0.127 e. The van der Waals surface area contributed by atoms with E-state index in [2.05, 4.69) is 43.5 Å². The molecular weight excluding hydrogens is 256 g/mol. The molecule has 2 unspecified atom stereocenters. The first-order valence-corrected chi connectivity index (χ1v) is 7.55. The lowest BCUT2D eigenvalue weighted by molar-refractivity contribution is 0.437. The van der Waals surface area contributed by atoms with Crippen LogP contribution >= 0.6 is 11.6 Å². The summed E-state index contributed by atoms with van der Waals surface area (Å²) in [5.74, 6) is 1.72. The minimum Gasteiger partial charge on any atom is -0.324 e. The zero-order chi connectivity index (χ0) is 14.0. The molecule has 0 aliphatic rings. The van der Waals surface area contributed by atoms with Crippen molar-refractivity contribution in [1.29, 1.82) is 0 Å². The second-order valence-electron chi connectivity index (χ2n) is 5.76. The molecule has 0 fully saturated rings. The highest BCUT2D eigenvalue weighted by Gasteiger charge is 2.18. The van der Waals surface area contributed by atoms with E-state index in [1.54, 1.807) is 0 Å². The first-order chi connectivity index (χ1) is 9.00. The number of hydrogen-bond donors (Lipinski definition) is 0. The fourth-order valence-corrected chi connectivity index (χ4v) is 2.66. The normalized spacial score (nSPS) is 15.1. The molecule has 1 aromatic heterocycles. The van der Waals surface area contributed by atoms with Gasteiger partial charge in [0.05, 0.1) is 16.4 Å². The predicted octanol–water partition coefficient (Wildman–Crippen LogP) is 5.33. The Bertz CT molecular complexity index is 543. The molecule has 1 heterocycles. The second kappa shape index (κ2) is 5.96. The lowest BCUT2D eigenvalue weighted by atomic mass is 10.0. The molecule has 0 spiro atoms. The highest BCUT2D eigenvalue weighted by atomic mass is 35.5. The first kappa shape index (κ1) is 14.4. The molecule has 2 aromatic rings. The Morgan fingerprint density at radius 3 is 2.42 bits per heavy atom. The van der Waals surface area contributed by atoms with Gasteiger partial charge in [0.1, 0.15) is 5.82 Å².